The van der Waals surface area contributed by atoms with Crippen LogP contribution in [-0.4, -0.2) is 17.9 Å². The second kappa shape index (κ2) is 5.79. The van der Waals surface area contributed by atoms with Crippen LogP contribution in [-0.2, 0) is 12.8 Å². The fourth-order valence-corrected chi connectivity index (χ4v) is 2.26. The highest BCUT2D eigenvalue weighted by Crippen LogP contribution is 2.18. The van der Waals surface area contributed by atoms with Gasteiger partial charge in [-0.1, -0.05) is 30.3 Å². The molecular formula is C17H16N2O2. The van der Waals surface area contributed by atoms with Gasteiger partial charge in [0.05, 0.1) is 0 Å². The van der Waals surface area contributed by atoms with E-state index in [1.54, 1.807) is 19.2 Å². The number of amides is 1. The highest BCUT2D eigenvalue weighted by Gasteiger charge is 2.09. The van der Waals surface area contributed by atoms with Crippen LogP contribution in [0.2, 0.25) is 0 Å². The second-order valence-electron chi connectivity index (χ2n) is 4.85. The molecule has 0 unspecified atom stereocenters. The maximum absolute atomic E-state index is 11.6. The molecule has 3 rings (SSSR count). The Hall–Kier alpha value is -2.62. The minimum absolute atomic E-state index is 0.126. The molecule has 106 valence electrons. The molecule has 0 saturated carbocycles. The predicted molar refractivity (Wildman–Crippen MR) is 81.2 cm³/mol. The largest absolute Gasteiger partial charge is 0.441 e. The van der Waals surface area contributed by atoms with Gasteiger partial charge < -0.3 is 9.73 Å². The SMILES string of the molecule is CNC(=O)c1ccc2nc(CCc3ccccc3)oc2c1. The van der Waals surface area contributed by atoms with Gasteiger partial charge in [0, 0.05) is 19.0 Å². The summed E-state index contributed by atoms with van der Waals surface area (Å²) >= 11 is 0. The van der Waals surface area contributed by atoms with Crippen LogP contribution >= 0.6 is 0 Å². The van der Waals surface area contributed by atoms with Crippen LogP contribution in [0.25, 0.3) is 11.1 Å². The third-order valence-corrected chi connectivity index (χ3v) is 3.39. The minimum Gasteiger partial charge on any atom is -0.441 e. The van der Waals surface area contributed by atoms with Crippen molar-refractivity contribution in [1.29, 1.82) is 0 Å². The molecule has 0 aliphatic heterocycles. The van der Waals surface area contributed by atoms with Crippen LogP contribution in [0, 0.1) is 0 Å². The lowest BCUT2D eigenvalue weighted by Crippen LogP contribution is -2.17. The molecule has 0 aliphatic carbocycles. The molecule has 21 heavy (non-hydrogen) atoms. The van der Waals surface area contributed by atoms with Crippen molar-refractivity contribution < 1.29 is 9.21 Å². The molecule has 1 heterocycles. The van der Waals surface area contributed by atoms with E-state index in [0.717, 1.165) is 18.4 Å². The molecular weight excluding hydrogens is 264 g/mol. The summed E-state index contributed by atoms with van der Waals surface area (Å²) in [6.45, 7) is 0. The maximum atomic E-state index is 11.6. The van der Waals surface area contributed by atoms with E-state index < -0.39 is 0 Å². The Balaban J connectivity index is 1.79. The number of aromatic nitrogens is 1. The molecule has 0 spiro atoms. The molecule has 0 fully saturated rings. The number of hydrogen-bond donors (Lipinski definition) is 1. The first kappa shape index (κ1) is 13.4. The van der Waals surface area contributed by atoms with E-state index in [9.17, 15) is 4.79 Å². The van der Waals surface area contributed by atoms with E-state index in [2.05, 4.69) is 22.4 Å². The summed E-state index contributed by atoms with van der Waals surface area (Å²) < 4.78 is 5.73. The van der Waals surface area contributed by atoms with Crippen LogP contribution in [0.4, 0.5) is 0 Å². The normalized spacial score (nSPS) is 10.7. The number of carbonyl (C=O) groups excluding carboxylic acids is 1. The Kier molecular flexibility index (Phi) is 3.69. The van der Waals surface area contributed by atoms with Gasteiger partial charge in [-0.05, 0) is 30.2 Å². The number of aryl methyl sites for hydroxylation is 2. The number of carbonyl (C=O) groups is 1. The molecule has 0 bridgehead atoms. The fourth-order valence-electron chi connectivity index (χ4n) is 2.26. The lowest BCUT2D eigenvalue weighted by Gasteiger charge is -1.97. The molecule has 3 aromatic rings. The molecule has 0 saturated heterocycles. The van der Waals surface area contributed by atoms with E-state index in [1.165, 1.54) is 5.56 Å². The Labute approximate surface area is 122 Å². The summed E-state index contributed by atoms with van der Waals surface area (Å²) in [7, 11) is 1.61. The van der Waals surface area contributed by atoms with Crippen molar-refractivity contribution in [2.75, 3.05) is 7.05 Å². The quantitative estimate of drug-likeness (QED) is 0.799. The van der Waals surface area contributed by atoms with Gasteiger partial charge in [-0.15, -0.1) is 0 Å². The Morgan fingerprint density at radius 2 is 1.95 bits per heavy atom. The van der Waals surface area contributed by atoms with Gasteiger partial charge in [0.1, 0.15) is 5.52 Å². The Bertz CT molecular complexity index is 763. The first-order valence-corrected chi connectivity index (χ1v) is 6.92. The van der Waals surface area contributed by atoms with Crippen molar-refractivity contribution in [3.8, 4) is 0 Å². The molecule has 0 aliphatic rings. The van der Waals surface area contributed by atoms with Gasteiger partial charge in [-0.3, -0.25) is 4.79 Å². The molecule has 0 radical (unpaired) electrons. The zero-order valence-corrected chi connectivity index (χ0v) is 11.8. The molecule has 2 aromatic carbocycles. The van der Waals surface area contributed by atoms with Crippen molar-refractivity contribution in [3.63, 3.8) is 0 Å². The van der Waals surface area contributed by atoms with Crippen LogP contribution in [0.1, 0.15) is 21.8 Å². The number of fused-ring (bicyclic) bond motifs is 1. The van der Waals surface area contributed by atoms with Gasteiger partial charge in [0.15, 0.2) is 11.5 Å². The van der Waals surface area contributed by atoms with Gasteiger partial charge in [0.25, 0.3) is 5.91 Å². The fraction of sp³-hybridized carbons (Fsp3) is 0.176. The first-order chi connectivity index (χ1) is 10.3. The van der Waals surface area contributed by atoms with E-state index >= 15 is 0 Å². The lowest BCUT2D eigenvalue weighted by atomic mass is 10.1. The third-order valence-electron chi connectivity index (χ3n) is 3.39. The lowest BCUT2D eigenvalue weighted by molar-refractivity contribution is 0.0963. The Morgan fingerprint density at radius 3 is 2.71 bits per heavy atom. The van der Waals surface area contributed by atoms with E-state index in [0.29, 0.717) is 17.0 Å². The van der Waals surface area contributed by atoms with Crippen LogP contribution in [0.15, 0.2) is 52.9 Å². The van der Waals surface area contributed by atoms with Gasteiger partial charge in [-0.25, -0.2) is 4.98 Å². The summed E-state index contributed by atoms with van der Waals surface area (Å²) in [5, 5.41) is 2.60. The van der Waals surface area contributed by atoms with Gasteiger partial charge in [0.2, 0.25) is 0 Å². The molecule has 4 nitrogen and oxygen atoms in total. The molecule has 1 aromatic heterocycles. The summed E-state index contributed by atoms with van der Waals surface area (Å²) in [6.07, 6.45) is 1.63. The van der Waals surface area contributed by atoms with E-state index in [1.807, 2.05) is 24.3 Å². The summed E-state index contributed by atoms with van der Waals surface area (Å²) in [4.78, 5) is 16.1. The maximum Gasteiger partial charge on any atom is 0.251 e. The number of benzene rings is 2. The number of nitrogens with zero attached hydrogens (tertiary/aromatic N) is 1. The van der Waals surface area contributed by atoms with Crippen LogP contribution < -0.4 is 5.32 Å². The standard InChI is InChI=1S/C17H16N2O2/c1-18-17(20)13-8-9-14-15(11-13)21-16(19-14)10-7-12-5-3-2-4-6-12/h2-6,8-9,11H,7,10H2,1H3,(H,18,20). The third kappa shape index (κ3) is 2.94. The van der Waals surface area contributed by atoms with Crippen molar-refractivity contribution >= 4 is 17.0 Å². The average molecular weight is 280 g/mol. The van der Waals surface area contributed by atoms with Crippen LogP contribution in [0.5, 0.6) is 0 Å². The minimum atomic E-state index is -0.126. The van der Waals surface area contributed by atoms with Crippen molar-refractivity contribution in [2.45, 2.75) is 12.8 Å². The summed E-state index contributed by atoms with van der Waals surface area (Å²) in [5.41, 5.74) is 3.27. The molecule has 4 heteroatoms. The number of rotatable bonds is 4. The van der Waals surface area contributed by atoms with Crippen molar-refractivity contribution in [2.24, 2.45) is 0 Å². The second-order valence-corrected chi connectivity index (χ2v) is 4.85. The number of hydrogen-bond acceptors (Lipinski definition) is 3. The van der Waals surface area contributed by atoms with Crippen LogP contribution in [0.3, 0.4) is 0 Å². The molecule has 1 N–H and O–H groups in total. The van der Waals surface area contributed by atoms with E-state index in [4.69, 9.17) is 4.42 Å². The molecule has 0 atom stereocenters. The van der Waals surface area contributed by atoms with Gasteiger partial charge in [-0.2, -0.15) is 0 Å². The number of oxazole rings is 1. The molecule has 1 amide bonds. The summed E-state index contributed by atoms with van der Waals surface area (Å²) in [6, 6.07) is 15.5. The number of nitrogens with one attached hydrogen (secondary N) is 1. The predicted octanol–water partition coefficient (Wildman–Crippen LogP) is 2.97. The summed E-state index contributed by atoms with van der Waals surface area (Å²) in [5.74, 6) is 0.571. The smallest absolute Gasteiger partial charge is 0.251 e. The highest BCUT2D eigenvalue weighted by molar-refractivity contribution is 5.96. The zero-order chi connectivity index (χ0) is 14.7. The first-order valence-electron chi connectivity index (χ1n) is 6.92. The topological polar surface area (TPSA) is 55.1 Å². The monoisotopic (exact) mass is 280 g/mol. The van der Waals surface area contributed by atoms with Crippen molar-refractivity contribution in [1.82, 2.24) is 10.3 Å². The Morgan fingerprint density at radius 1 is 1.14 bits per heavy atom. The zero-order valence-electron chi connectivity index (χ0n) is 11.8. The van der Waals surface area contributed by atoms with Crippen molar-refractivity contribution in [3.05, 3.63) is 65.5 Å². The highest BCUT2D eigenvalue weighted by atomic mass is 16.3. The van der Waals surface area contributed by atoms with E-state index in [-0.39, 0.29) is 5.91 Å². The van der Waals surface area contributed by atoms with Gasteiger partial charge >= 0.3 is 0 Å². The average Bonchev–Trinajstić information content (AvgIpc) is 2.95.